The van der Waals surface area contributed by atoms with Crippen molar-refractivity contribution in [1.82, 2.24) is 0 Å². The molecule has 0 bridgehead atoms. The minimum absolute atomic E-state index is 0.254. The molecule has 0 saturated carbocycles. The Balaban J connectivity index is 2.37. The molecule has 0 radical (unpaired) electrons. The Hall–Kier alpha value is -1.19. The van der Waals surface area contributed by atoms with Gasteiger partial charge in [0.05, 0.1) is 0 Å². The topological polar surface area (TPSA) is 55.7 Å². The second kappa shape index (κ2) is 3.27. The van der Waals surface area contributed by atoms with Crippen LogP contribution in [0.1, 0.15) is 13.3 Å². The van der Waals surface area contributed by atoms with Crippen molar-refractivity contribution in [3.05, 3.63) is 17.1 Å². The molecule has 0 aliphatic heterocycles. The van der Waals surface area contributed by atoms with E-state index in [0.29, 0.717) is 6.42 Å². The van der Waals surface area contributed by atoms with Crippen LogP contribution >= 0.6 is 0 Å². The van der Waals surface area contributed by atoms with Crippen molar-refractivity contribution in [1.29, 1.82) is 0 Å². The zero-order chi connectivity index (χ0) is 8.27. The Morgan fingerprint density at radius 2 is 2.36 bits per heavy atom. The Bertz CT molecular complexity index is 200. The van der Waals surface area contributed by atoms with Gasteiger partial charge in [-0.05, 0) is 6.08 Å². The largest absolute Gasteiger partial charge is 0.458 e. The van der Waals surface area contributed by atoms with Gasteiger partial charge in [-0.2, -0.15) is 4.91 Å². The van der Waals surface area contributed by atoms with E-state index in [1.807, 2.05) is 0 Å². The number of rotatable bonds is 2. The summed E-state index contributed by atoms with van der Waals surface area (Å²) in [4.78, 5) is 20.4. The van der Waals surface area contributed by atoms with E-state index in [-0.39, 0.29) is 18.1 Å². The number of nitroso groups, excluding NO2 is 1. The van der Waals surface area contributed by atoms with Gasteiger partial charge in [0.2, 0.25) is 0 Å². The number of hydrogen-bond donors (Lipinski definition) is 0. The molecule has 4 nitrogen and oxygen atoms in total. The first-order valence-corrected chi connectivity index (χ1v) is 3.40. The van der Waals surface area contributed by atoms with Crippen LogP contribution in [0.15, 0.2) is 17.3 Å². The standard InChI is InChI=1S/C7H9NO3/c1-5(9)11-7-3-2-6(4-7)8-10/h2-3,6-7H,4H2,1H3. The van der Waals surface area contributed by atoms with Crippen molar-refractivity contribution in [3.8, 4) is 0 Å². The normalized spacial score (nSPS) is 28.5. The SMILES string of the molecule is CC(=O)OC1C=CC(N=O)C1. The van der Waals surface area contributed by atoms with Crippen LogP contribution in [0.2, 0.25) is 0 Å². The molecule has 2 unspecified atom stereocenters. The van der Waals surface area contributed by atoms with Crippen molar-refractivity contribution in [3.63, 3.8) is 0 Å². The van der Waals surface area contributed by atoms with Gasteiger partial charge in [-0.1, -0.05) is 11.3 Å². The van der Waals surface area contributed by atoms with E-state index < -0.39 is 0 Å². The highest BCUT2D eigenvalue weighted by molar-refractivity contribution is 5.66. The molecule has 1 aliphatic carbocycles. The van der Waals surface area contributed by atoms with Crippen molar-refractivity contribution < 1.29 is 9.53 Å². The van der Waals surface area contributed by atoms with Gasteiger partial charge >= 0.3 is 5.97 Å². The molecule has 0 aromatic heterocycles. The summed E-state index contributed by atoms with van der Waals surface area (Å²) in [6.45, 7) is 1.34. The summed E-state index contributed by atoms with van der Waals surface area (Å²) < 4.78 is 4.82. The van der Waals surface area contributed by atoms with Gasteiger partial charge in [0.25, 0.3) is 0 Å². The van der Waals surface area contributed by atoms with Crippen LogP contribution in [-0.2, 0) is 9.53 Å². The van der Waals surface area contributed by atoms with Crippen LogP contribution in [0, 0.1) is 4.91 Å². The lowest BCUT2D eigenvalue weighted by atomic mass is 10.2. The molecule has 2 atom stereocenters. The lowest BCUT2D eigenvalue weighted by Gasteiger charge is -2.07. The minimum Gasteiger partial charge on any atom is -0.458 e. The summed E-state index contributed by atoms with van der Waals surface area (Å²) in [5, 5.41) is 2.82. The second-order valence-corrected chi connectivity index (χ2v) is 2.44. The van der Waals surface area contributed by atoms with Crippen LogP contribution in [0.25, 0.3) is 0 Å². The number of carbonyl (C=O) groups is 1. The van der Waals surface area contributed by atoms with E-state index in [4.69, 9.17) is 4.74 Å². The zero-order valence-electron chi connectivity index (χ0n) is 6.19. The van der Waals surface area contributed by atoms with Crippen molar-refractivity contribution >= 4 is 5.97 Å². The summed E-state index contributed by atoms with van der Waals surface area (Å²) in [6, 6.07) is -0.320. The second-order valence-electron chi connectivity index (χ2n) is 2.44. The van der Waals surface area contributed by atoms with Crippen LogP contribution in [-0.4, -0.2) is 18.1 Å². The predicted octanol–water partition coefficient (Wildman–Crippen LogP) is 1.01. The number of carbonyl (C=O) groups excluding carboxylic acids is 1. The molecule has 1 aliphatic rings. The van der Waals surface area contributed by atoms with Crippen molar-refractivity contribution in [2.75, 3.05) is 0 Å². The van der Waals surface area contributed by atoms with Crippen molar-refractivity contribution in [2.24, 2.45) is 5.18 Å². The van der Waals surface area contributed by atoms with Gasteiger partial charge in [0, 0.05) is 13.3 Å². The highest BCUT2D eigenvalue weighted by Gasteiger charge is 2.20. The third-order valence-corrected chi connectivity index (χ3v) is 1.47. The molecule has 0 N–H and O–H groups in total. The van der Waals surface area contributed by atoms with Crippen LogP contribution < -0.4 is 0 Å². The van der Waals surface area contributed by atoms with Crippen LogP contribution in [0.5, 0.6) is 0 Å². The van der Waals surface area contributed by atoms with Crippen LogP contribution in [0.3, 0.4) is 0 Å². The van der Waals surface area contributed by atoms with E-state index in [0.717, 1.165) is 0 Å². The van der Waals surface area contributed by atoms with E-state index in [9.17, 15) is 9.70 Å². The Morgan fingerprint density at radius 3 is 2.82 bits per heavy atom. The van der Waals surface area contributed by atoms with Gasteiger partial charge < -0.3 is 4.74 Å². The summed E-state index contributed by atoms with van der Waals surface area (Å²) in [5.74, 6) is -0.328. The molecular formula is C7H9NO3. The van der Waals surface area contributed by atoms with Gasteiger partial charge in [-0.25, -0.2) is 0 Å². The zero-order valence-corrected chi connectivity index (χ0v) is 6.19. The number of ether oxygens (including phenoxy) is 1. The predicted molar refractivity (Wildman–Crippen MR) is 38.9 cm³/mol. The maximum atomic E-state index is 10.4. The fourth-order valence-corrected chi connectivity index (χ4v) is 1.03. The molecule has 4 heteroatoms. The molecule has 0 aromatic carbocycles. The summed E-state index contributed by atoms with van der Waals surface area (Å²) in [6.07, 6.45) is 3.58. The first-order valence-electron chi connectivity index (χ1n) is 3.40. The fourth-order valence-electron chi connectivity index (χ4n) is 1.03. The average Bonchev–Trinajstić information content (AvgIpc) is 2.34. The Labute approximate surface area is 64.2 Å². The summed E-state index contributed by atoms with van der Waals surface area (Å²) in [5.41, 5.74) is 0. The first-order chi connectivity index (χ1) is 5.22. The maximum absolute atomic E-state index is 10.4. The molecule has 60 valence electrons. The van der Waals surface area contributed by atoms with Gasteiger partial charge in [-0.3, -0.25) is 4.79 Å². The highest BCUT2D eigenvalue weighted by atomic mass is 16.5. The molecule has 11 heavy (non-hydrogen) atoms. The minimum atomic E-state index is -0.328. The molecule has 0 saturated heterocycles. The fraction of sp³-hybridized carbons (Fsp3) is 0.571. The van der Waals surface area contributed by atoms with Gasteiger partial charge in [-0.15, -0.1) is 0 Å². The first kappa shape index (κ1) is 7.91. The monoisotopic (exact) mass is 155 g/mol. The molecule has 1 rings (SSSR count). The number of nitrogens with zero attached hydrogens (tertiary/aromatic N) is 1. The average molecular weight is 155 g/mol. The maximum Gasteiger partial charge on any atom is 0.303 e. The van der Waals surface area contributed by atoms with E-state index in [1.165, 1.54) is 6.92 Å². The molecule has 0 fully saturated rings. The van der Waals surface area contributed by atoms with Crippen LogP contribution in [0.4, 0.5) is 0 Å². The molecule has 0 heterocycles. The molecule has 0 aromatic rings. The Kier molecular flexibility index (Phi) is 2.36. The number of esters is 1. The molecule has 0 amide bonds. The third kappa shape index (κ3) is 2.14. The third-order valence-electron chi connectivity index (χ3n) is 1.47. The summed E-state index contributed by atoms with van der Waals surface area (Å²) >= 11 is 0. The van der Waals surface area contributed by atoms with Gasteiger partial charge in [0.15, 0.2) is 0 Å². The summed E-state index contributed by atoms with van der Waals surface area (Å²) in [7, 11) is 0. The molecule has 0 spiro atoms. The quantitative estimate of drug-likeness (QED) is 0.339. The lowest BCUT2D eigenvalue weighted by molar-refractivity contribution is -0.144. The van der Waals surface area contributed by atoms with Crippen molar-refractivity contribution in [2.45, 2.75) is 25.5 Å². The number of hydrogen-bond acceptors (Lipinski definition) is 4. The van der Waals surface area contributed by atoms with E-state index in [1.54, 1.807) is 12.2 Å². The Morgan fingerprint density at radius 1 is 1.64 bits per heavy atom. The van der Waals surface area contributed by atoms with E-state index >= 15 is 0 Å². The van der Waals surface area contributed by atoms with Gasteiger partial charge in [0.1, 0.15) is 12.1 Å². The highest BCUT2D eigenvalue weighted by Crippen LogP contribution is 2.16. The van der Waals surface area contributed by atoms with E-state index in [2.05, 4.69) is 5.18 Å². The lowest BCUT2D eigenvalue weighted by Crippen LogP contribution is -2.13. The smallest absolute Gasteiger partial charge is 0.303 e. The molecular weight excluding hydrogens is 146 g/mol.